The van der Waals surface area contributed by atoms with Gasteiger partial charge in [-0.1, -0.05) is 22.0 Å². The molecule has 1 unspecified atom stereocenters. The van der Waals surface area contributed by atoms with Crippen molar-refractivity contribution in [1.82, 2.24) is 5.48 Å². The van der Waals surface area contributed by atoms with Gasteiger partial charge in [0.1, 0.15) is 25.1 Å². The highest BCUT2D eigenvalue weighted by atomic mass is 79.9. The minimum Gasteiger partial charge on any atom is -0.491 e. The molecule has 0 aliphatic heterocycles. The van der Waals surface area contributed by atoms with Gasteiger partial charge < -0.3 is 15.6 Å². The van der Waals surface area contributed by atoms with E-state index in [-0.39, 0.29) is 19.8 Å². The highest BCUT2D eigenvalue weighted by molar-refractivity contribution is 9.10. The number of primary amides is 1. The first-order valence-electron chi connectivity index (χ1n) is 5.27. The van der Waals surface area contributed by atoms with Crippen LogP contribution >= 0.6 is 15.9 Å². The lowest BCUT2D eigenvalue weighted by molar-refractivity contribution is -0.125. The molecule has 0 bridgehead atoms. The van der Waals surface area contributed by atoms with Crippen molar-refractivity contribution < 1.29 is 19.5 Å². The topological polar surface area (TPSA) is 93.8 Å². The number of rotatable bonds is 8. The average Bonchev–Trinajstić information content (AvgIpc) is 2.32. The van der Waals surface area contributed by atoms with Gasteiger partial charge in [0.05, 0.1) is 6.54 Å². The summed E-state index contributed by atoms with van der Waals surface area (Å²) in [6, 6.07) is 7.29. The summed E-state index contributed by atoms with van der Waals surface area (Å²) < 4.78 is 6.26. The average molecular weight is 319 g/mol. The Labute approximate surface area is 113 Å². The lowest BCUT2D eigenvalue weighted by atomic mass is 10.3. The van der Waals surface area contributed by atoms with Gasteiger partial charge in [0.15, 0.2) is 0 Å². The number of ether oxygens (including phenoxy) is 1. The molecule has 0 radical (unpaired) electrons. The van der Waals surface area contributed by atoms with Crippen molar-refractivity contribution >= 4 is 21.8 Å². The lowest BCUT2D eigenvalue weighted by Gasteiger charge is -2.13. The van der Waals surface area contributed by atoms with E-state index in [1.807, 2.05) is 12.1 Å². The number of carbonyl (C=O) groups is 1. The summed E-state index contributed by atoms with van der Waals surface area (Å²) in [5, 5.41) is 9.55. The number of hydrogen-bond acceptors (Lipinski definition) is 5. The summed E-state index contributed by atoms with van der Waals surface area (Å²) in [4.78, 5) is 15.0. The van der Waals surface area contributed by atoms with Gasteiger partial charge in [-0.25, -0.2) is 0 Å². The third-order valence-electron chi connectivity index (χ3n) is 1.87. The molecule has 0 aliphatic rings. The van der Waals surface area contributed by atoms with Crippen molar-refractivity contribution in [2.24, 2.45) is 5.73 Å². The second-order valence-electron chi connectivity index (χ2n) is 3.53. The largest absolute Gasteiger partial charge is 0.491 e. The summed E-state index contributed by atoms with van der Waals surface area (Å²) in [7, 11) is 0. The molecule has 100 valence electrons. The number of carbonyl (C=O) groups excluding carboxylic acids is 1. The van der Waals surface area contributed by atoms with Gasteiger partial charge in [-0.2, -0.15) is 5.48 Å². The monoisotopic (exact) mass is 318 g/mol. The molecule has 1 amide bonds. The molecule has 0 spiro atoms. The minimum atomic E-state index is -0.753. The van der Waals surface area contributed by atoms with Crippen LogP contribution in [0.1, 0.15) is 0 Å². The van der Waals surface area contributed by atoms with E-state index >= 15 is 0 Å². The highest BCUT2D eigenvalue weighted by Gasteiger charge is 2.05. The molecule has 6 nitrogen and oxygen atoms in total. The molecule has 0 heterocycles. The molecule has 1 aromatic rings. The molecule has 0 aromatic heterocycles. The number of halogens is 1. The molecule has 0 aliphatic carbocycles. The van der Waals surface area contributed by atoms with Crippen LogP contribution in [0.3, 0.4) is 0 Å². The van der Waals surface area contributed by atoms with Crippen molar-refractivity contribution in [3.63, 3.8) is 0 Å². The van der Waals surface area contributed by atoms with Crippen LogP contribution in [0, 0.1) is 0 Å². The number of nitrogens with one attached hydrogen (secondary N) is 1. The van der Waals surface area contributed by atoms with E-state index in [1.165, 1.54) is 0 Å². The Morgan fingerprint density at radius 2 is 2.33 bits per heavy atom. The molecule has 0 saturated carbocycles. The summed E-state index contributed by atoms with van der Waals surface area (Å²) in [5.74, 6) is 0.0730. The van der Waals surface area contributed by atoms with Crippen molar-refractivity contribution in [2.45, 2.75) is 6.10 Å². The van der Waals surface area contributed by atoms with Crippen LogP contribution in [0.5, 0.6) is 5.75 Å². The van der Waals surface area contributed by atoms with E-state index in [0.717, 1.165) is 4.47 Å². The van der Waals surface area contributed by atoms with Gasteiger partial charge in [0.2, 0.25) is 5.91 Å². The first-order chi connectivity index (χ1) is 8.58. The molecule has 1 aromatic carbocycles. The van der Waals surface area contributed by atoms with Gasteiger partial charge in [0, 0.05) is 4.47 Å². The Morgan fingerprint density at radius 3 is 3.00 bits per heavy atom. The molecular weight excluding hydrogens is 304 g/mol. The fraction of sp³-hybridized carbons (Fsp3) is 0.364. The van der Waals surface area contributed by atoms with Crippen molar-refractivity contribution in [3.8, 4) is 5.75 Å². The molecule has 4 N–H and O–H groups in total. The summed E-state index contributed by atoms with van der Waals surface area (Å²) in [6.07, 6.45) is -0.753. The van der Waals surface area contributed by atoms with Gasteiger partial charge in [-0.15, -0.1) is 0 Å². The maximum absolute atomic E-state index is 10.4. The highest BCUT2D eigenvalue weighted by Crippen LogP contribution is 2.17. The molecule has 0 fully saturated rings. The third kappa shape index (κ3) is 6.55. The Balaban J connectivity index is 2.17. The fourth-order valence-electron chi connectivity index (χ4n) is 1.09. The van der Waals surface area contributed by atoms with Gasteiger partial charge >= 0.3 is 0 Å². The van der Waals surface area contributed by atoms with Crippen molar-refractivity contribution in [1.29, 1.82) is 0 Å². The molecule has 1 atom stereocenters. The smallest absolute Gasteiger partial charge is 0.245 e. The Bertz CT molecular complexity index is 389. The molecule has 1 rings (SSSR count). The van der Waals surface area contributed by atoms with E-state index < -0.39 is 12.0 Å². The lowest BCUT2D eigenvalue weighted by Crippen LogP contribution is -2.33. The first kappa shape index (κ1) is 14.9. The van der Waals surface area contributed by atoms with Gasteiger partial charge in [0.25, 0.3) is 0 Å². The minimum absolute atomic E-state index is 0.114. The van der Waals surface area contributed by atoms with Crippen molar-refractivity contribution in [2.75, 3.05) is 19.8 Å². The number of hydrogen-bond donors (Lipinski definition) is 3. The second-order valence-corrected chi connectivity index (χ2v) is 4.44. The summed E-state index contributed by atoms with van der Waals surface area (Å²) >= 11 is 3.32. The van der Waals surface area contributed by atoms with E-state index in [0.29, 0.717) is 5.75 Å². The number of amides is 1. The van der Waals surface area contributed by atoms with E-state index in [1.54, 1.807) is 12.1 Å². The van der Waals surface area contributed by atoms with Crippen LogP contribution in [0.15, 0.2) is 28.7 Å². The van der Waals surface area contributed by atoms with E-state index in [9.17, 15) is 9.90 Å². The predicted molar refractivity (Wildman–Crippen MR) is 68.8 cm³/mol. The van der Waals surface area contributed by atoms with Crippen LogP contribution in [0.25, 0.3) is 0 Å². The number of nitrogens with two attached hydrogens (primary N) is 1. The molecule has 7 heteroatoms. The quantitative estimate of drug-likeness (QED) is 0.470. The number of benzene rings is 1. The fourth-order valence-corrected chi connectivity index (χ4v) is 1.46. The van der Waals surface area contributed by atoms with Crippen LogP contribution in [0.4, 0.5) is 0 Å². The van der Waals surface area contributed by atoms with E-state index in [4.69, 9.17) is 10.5 Å². The normalized spacial score (nSPS) is 12.1. The summed E-state index contributed by atoms with van der Waals surface area (Å²) in [6.45, 7) is 0.0177. The first-order valence-corrected chi connectivity index (χ1v) is 6.06. The van der Waals surface area contributed by atoms with Crippen molar-refractivity contribution in [3.05, 3.63) is 28.7 Å². The number of aliphatic hydroxyl groups is 1. The van der Waals surface area contributed by atoms with Crippen LogP contribution < -0.4 is 16.0 Å². The van der Waals surface area contributed by atoms with E-state index in [2.05, 4.69) is 26.2 Å². The number of aliphatic hydroxyl groups excluding tert-OH is 1. The van der Waals surface area contributed by atoms with Gasteiger partial charge in [-0.3, -0.25) is 9.63 Å². The van der Waals surface area contributed by atoms with Crippen LogP contribution in [-0.2, 0) is 9.63 Å². The second kappa shape index (κ2) is 8.04. The zero-order valence-electron chi connectivity index (χ0n) is 9.64. The molecule has 18 heavy (non-hydrogen) atoms. The Kier molecular flexibility index (Phi) is 6.66. The van der Waals surface area contributed by atoms with Crippen LogP contribution in [0.2, 0.25) is 0 Å². The van der Waals surface area contributed by atoms with Gasteiger partial charge in [-0.05, 0) is 18.2 Å². The third-order valence-corrected chi connectivity index (χ3v) is 2.37. The Hall–Kier alpha value is -1.15. The summed E-state index contributed by atoms with van der Waals surface area (Å²) in [5.41, 5.74) is 7.29. The maximum Gasteiger partial charge on any atom is 0.245 e. The molecule has 0 saturated heterocycles. The van der Waals surface area contributed by atoms with Crippen LogP contribution in [-0.4, -0.2) is 36.9 Å². The standard InChI is InChI=1S/C11H15BrN2O4/c12-8-2-1-3-10(4-8)17-6-9(15)5-14-18-7-11(13)16/h1-4,9,14-15H,5-7H2,(H2,13,16). The SMILES string of the molecule is NC(=O)CONCC(O)COc1cccc(Br)c1. The zero-order valence-corrected chi connectivity index (χ0v) is 11.2. The predicted octanol–water partition coefficient (Wildman–Crippen LogP) is 0.195. The maximum atomic E-state index is 10.4. The molecular formula is C11H15BrN2O4. The Morgan fingerprint density at radius 1 is 1.56 bits per heavy atom. The number of hydroxylamine groups is 1. The zero-order chi connectivity index (χ0) is 13.4.